The van der Waals surface area contributed by atoms with Crippen LogP contribution in [0.3, 0.4) is 0 Å². The lowest BCUT2D eigenvalue weighted by Gasteiger charge is -2.32. The molecule has 2 unspecified atom stereocenters. The summed E-state index contributed by atoms with van der Waals surface area (Å²) in [6, 6.07) is 8.04. The first-order chi connectivity index (χ1) is 14.8. The second kappa shape index (κ2) is 8.64. The lowest BCUT2D eigenvalue weighted by Crippen LogP contribution is -2.35. The van der Waals surface area contributed by atoms with Crippen LogP contribution in [0.2, 0.25) is 5.02 Å². The normalized spacial score (nSPS) is 21.6. The molecule has 7 heteroatoms. The van der Waals surface area contributed by atoms with E-state index in [-0.39, 0.29) is 0 Å². The number of rotatable bonds is 7. The molecule has 0 N–H and O–H groups in total. The third-order valence-corrected chi connectivity index (χ3v) is 6.55. The van der Waals surface area contributed by atoms with E-state index >= 15 is 0 Å². The summed E-state index contributed by atoms with van der Waals surface area (Å²) in [5.74, 6) is 4.20. The third-order valence-electron chi connectivity index (χ3n) is 6.35. The summed E-state index contributed by atoms with van der Waals surface area (Å²) in [6.07, 6.45) is 11.4. The molecule has 3 heterocycles. The molecule has 2 aromatic heterocycles. The van der Waals surface area contributed by atoms with E-state index in [1.807, 2.05) is 24.3 Å². The minimum atomic E-state index is 0.586. The first-order valence-electron chi connectivity index (χ1n) is 10.6. The summed E-state index contributed by atoms with van der Waals surface area (Å²) in [5, 5.41) is 0.586. The molecular weight excluding hydrogens is 400 g/mol. The molecule has 1 saturated heterocycles. The molecule has 0 amide bonds. The number of hydrogen-bond acceptors (Lipinski definition) is 6. The Kier molecular flexibility index (Phi) is 5.58. The Morgan fingerprint density at radius 3 is 2.53 bits per heavy atom. The lowest BCUT2D eigenvalue weighted by molar-refractivity contribution is 0.284. The van der Waals surface area contributed by atoms with Gasteiger partial charge in [0, 0.05) is 18.7 Å². The van der Waals surface area contributed by atoms with Crippen LogP contribution in [0.5, 0.6) is 5.75 Å². The van der Waals surface area contributed by atoms with Crippen molar-refractivity contribution in [1.29, 1.82) is 0 Å². The van der Waals surface area contributed by atoms with Crippen molar-refractivity contribution in [3.05, 3.63) is 54.3 Å². The van der Waals surface area contributed by atoms with E-state index in [0.29, 0.717) is 5.02 Å². The molecule has 2 atom stereocenters. The molecule has 3 aromatic rings. The van der Waals surface area contributed by atoms with Crippen LogP contribution < -0.4 is 9.64 Å². The lowest BCUT2D eigenvalue weighted by atomic mass is 9.90. The van der Waals surface area contributed by atoms with Gasteiger partial charge in [0.15, 0.2) is 6.39 Å². The van der Waals surface area contributed by atoms with Crippen LogP contribution in [0, 0.1) is 17.8 Å². The van der Waals surface area contributed by atoms with Crippen LogP contribution in [-0.4, -0.2) is 34.6 Å². The number of halogens is 1. The molecule has 2 fully saturated rings. The maximum Gasteiger partial charge on any atom is 0.225 e. The van der Waals surface area contributed by atoms with E-state index in [2.05, 4.69) is 19.9 Å². The van der Waals surface area contributed by atoms with Gasteiger partial charge in [0.1, 0.15) is 17.7 Å². The number of aromatic nitrogens is 3. The van der Waals surface area contributed by atoms with E-state index in [9.17, 15) is 0 Å². The average Bonchev–Trinajstić information content (AvgIpc) is 3.34. The largest absolute Gasteiger partial charge is 0.494 e. The van der Waals surface area contributed by atoms with Crippen LogP contribution in [0.15, 0.2) is 53.7 Å². The highest BCUT2D eigenvalue weighted by Gasteiger charge is 2.43. The van der Waals surface area contributed by atoms with Crippen molar-refractivity contribution in [1.82, 2.24) is 15.0 Å². The molecular formula is C23H25ClN4O2. The molecule has 5 rings (SSSR count). The zero-order chi connectivity index (χ0) is 20.3. The maximum absolute atomic E-state index is 5.97. The predicted octanol–water partition coefficient (Wildman–Crippen LogP) is 5.11. The van der Waals surface area contributed by atoms with Gasteiger partial charge in [-0.25, -0.2) is 15.0 Å². The number of oxazole rings is 1. The maximum atomic E-state index is 5.97. The van der Waals surface area contributed by atoms with Gasteiger partial charge in [0.05, 0.1) is 24.0 Å². The van der Waals surface area contributed by atoms with Crippen LogP contribution in [-0.2, 0) is 0 Å². The summed E-state index contributed by atoms with van der Waals surface area (Å²) in [7, 11) is 0. The van der Waals surface area contributed by atoms with Crippen molar-refractivity contribution in [3.8, 4) is 17.0 Å². The minimum Gasteiger partial charge on any atom is -0.494 e. The summed E-state index contributed by atoms with van der Waals surface area (Å²) >= 11 is 5.89. The molecule has 2 aliphatic rings. The van der Waals surface area contributed by atoms with Crippen LogP contribution in [0.4, 0.5) is 5.95 Å². The van der Waals surface area contributed by atoms with Gasteiger partial charge < -0.3 is 14.1 Å². The minimum absolute atomic E-state index is 0.586. The smallest absolute Gasteiger partial charge is 0.225 e. The molecule has 30 heavy (non-hydrogen) atoms. The Hall–Kier alpha value is -2.60. The summed E-state index contributed by atoms with van der Waals surface area (Å²) < 4.78 is 11.0. The highest BCUT2D eigenvalue weighted by Crippen LogP contribution is 2.49. The van der Waals surface area contributed by atoms with Crippen molar-refractivity contribution >= 4 is 17.5 Å². The highest BCUT2D eigenvalue weighted by molar-refractivity contribution is 6.30. The van der Waals surface area contributed by atoms with E-state index in [1.165, 1.54) is 25.7 Å². The van der Waals surface area contributed by atoms with Crippen molar-refractivity contribution in [2.75, 3.05) is 24.6 Å². The molecule has 1 aromatic carbocycles. The molecule has 6 nitrogen and oxygen atoms in total. The van der Waals surface area contributed by atoms with Gasteiger partial charge in [-0.3, -0.25) is 0 Å². The Bertz CT molecular complexity index is 938. The summed E-state index contributed by atoms with van der Waals surface area (Å²) in [6.45, 7) is 2.84. The number of benzene rings is 1. The Morgan fingerprint density at radius 2 is 1.83 bits per heavy atom. The number of ether oxygens (including phenoxy) is 1. The van der Waals surface area contributed by atoms with Crippen LogP contribution in [0.25, 0.3) is 11.3 Å². The molecule has 1 aliphatic carbocycles. The number of nitrogens with zero attached hydrogens (tertiary/aromatic N) is 4. The fourth-order valence-corrected chi connectivity index (χ4v) is 4.68. The molecule has 1 aliphatic heterocycles. The van der Waals surface area contributed by atoms with Crippen LogP contribution >= 0.6 is 11.6 Å². The number of hydrogen-bond donors (Lipinski definition) is 0. The monoisotopic (exact) mass is 424 g/mol. The fraction of sp³-hybridized carbons (Fsp3) is 0.435. The van der Waals surface area contributed by atoms with Gasteiger partial charge in [-0.1, -0.05) is 11.6 Å². The van der Waals surface area contributed by atoms with Crippen LogP contribution in [0.1, 0.15) is 25.7 Å². The van der Waals surface area contributed by atoms with Gasteiger partial charge >= 0.3 is 0 Å². The topological polar surface area (TPSA) is 64.3 Å². The quantitative estimate of drug-likeness (QED) is 0.525. The second-order valence-corrected chi connectivity index (χ2v) is 8.66. The summed E-state index contributed by atoms with van der Waals surface area (Å²) in [5.41, 5.74) is 1.88. The Labute approximate surface area is 181 Å². The van der Waals surface area contributed by atoms with Crippen molar-refractivity contribution in [2.24, 2.45) is 17.8 Å². The van der Waals surface area contributed by atoms with Gasteiger partial charge in [-0.15, -0.1) is 0 Å². The van der Waals surface area contributed by atoms with E-state index in [4.69, 9.17) is 20.8 Å². The van der Waals surface area contributed by atoms with E-state index in [1.54, 1.807) is 18.7 Å². The second-order valence-electron chi connectivity index (χ2n) is 8.22. The third kappa shape index (κ3) is 4.43. The standard InChI is InChI=1S/C23H25ClN4O2/c24-19-12-25-23(26-13-19)28-8-5-16(6-9-28)21-11-18(21)7-10-30-20-3-1-17(2-4-20)22-14-29-15-27-22/h1-4,12-16,18,21H,5-11H2. The molecule has 0 spiro atoms. The first kappa shape index (κ1) is 19.4. The molecule has 0 bridgehead atoms. The Morgan fingerprint density at radius 1 is 1.07 bits per heavy atom. The Balaban J connectivity index is 1.03. The van der Waals surface area contributed by atoms with Gasteiger partial charge in [0.2, 0.25) is 5.95 Å². The van der Waals surface area contributed by atoms with E-state index < -0.39 is 0 Å². The average molecular weight is 425 g/mol. The van der Waals surface area contributed by atoms with Gasteiger partial charge in [-0.05, 0) is 67.7 Å². The highest BCUT2D eigenvalue weighted by atomic mass is 35.5. The van der Waals surface area contributed by atoms with E-state index in [0.717, 1.165) is 66.8 Å². The van der Waals surface area contributed by atoms with Crippen molar-refractivity contribution < 1.29 is 9.15 Å². The molecule has 0 radical (unpaired) electrons. The zero-order valence-electron chi connectivity index (χ0n) is 16.8. The number of anilines is 1. The first-order valence-corrected chi connectivity index (χ1v) is 11.0. The van der Waals surface area contributed by atoms with Crippen molar-refractivity contribution in [2.45, 2.75) is 25.7 Å². The molecule has 1 saturated carbocycles. The zero-order valence-corrected chi connectivity index (χ0v) is 17.5. The van der Waals surface area contributed by atoms with Gasteiger partial charge in [-0.2, -0.15) is 0 Å². The van der Waals surface area contributed by atoms with Gasteiger partial charge in [0.25, 0.3) is 0 Å². The van der Waals surface area contributed by atoms with Crippen molar-refractivity contribution in [3.63, 3.8) is 0 Å². The predicted molar refractivity (Wildman–Crippen MR) is 116 cm³/mol. The fourth-order valence-electron chi connectivity index (χ4n) is 4.58. The molecule has 156 valence electrons. The summed E-state index contributed by atoms with van der Waals surface area (Å²) in [4.78, 5) is 15.1. The SMILES string of the molecule is Clc1cnc(N2CCC(C3CC3CCOc3ccc(-c4cocn4)cc3)CC2)nc1. The number of piperidine rings is 1.